The third-order valence-electron chi connectivity index (χ3n) is 6.71. The highest BCUT2D eigenvalue weighted by Crippen LogP contribution is 2.34. The van der Waals surface area contributed by atoms with Crippen molar-refractivity contribution < 1.29 is 27.5 Å². The Morgan fingerprint density at radius 2 is 1.60 bits per heavy atom. The normalized spacial score (nSPS) is 13.4. The van der Waals surface area contributed by atoms with Crippen LogP contribution in [0.2, 0.25) is 5.02 Å². The Hall–Kier alpha value is -3.76. The molecule has 1 heterocycles. The van der Waals surface area contributed by atoms with E-state index in [2.05, 4.69) is 5.32 Å². The lowest BCUT2D eigenvalue weighted by Gasteiger charge is -2.34. The molecule has 0 spiro atoms. The van der Waals surface area contributed by atoms with E-state index in [9.17, 15) is 18.0 Å². The van der Waals surface area contributed by atoms with Crippen molar-refractivity contribution in [2.45, 2.75) is 32.9 Å². The summed E-state index contributed by atoms with van der Waals surface area (Å²) in [6, 6.07) is 20.2. The lowest BCUT2D eigenvalue weighted by atomic mass is 10.0. The van der Waals surface area contributed by atoms with Gasteiger partial charge in [-0.05, 0) is 41.3 Å². The summed E-state index contributed by atoms with van der Waals surface area (Å²) in [6.45, 7) is 4.68. The fraction of sp³-hybridized carbons (Fsp3) is 0.355. The number of carbonyl (C=O) groups excluding carboxylic acids is 2. The summed E-state index contributed by atoms with van der Waals surface area (Å²) >= 11 is 6.10. The molecule has 224 valence electrons. The molecule has 4 rings (SSSR count). The van der Waals surface area contributed by atoms with Crippen LogP contribution in [0.3, 0.4) is 0 Å². The number of fused-ring (bicyclic) bond motifs is 1. The van der Waals surface area contributed by atoms with Crippen molar-refractivity contribution in [2.24, 2.45) is 5.92 Å². The van der Waals surface area contributed by atoms with E-state index in [1.54, 1.807) is 42.5 Å². The van der Waals surface area contributed by atoms with Crippen LogP contribution in [0.25, 0.3) is 0 Å². The number of carbonyl (C=O) groups is 2. The predicted molar refractivity (Wildman–Crippen MR) is 163 cm³/mol. The molecule has 1 atom stereocenters. The maximum Gasteiger partial charge on any atom is 0.244 e. The molecule has 2 amide bonds. The number of hydrogen-bond donors (Lipinski definition) is 1. The lowest BCUT2D eigenvalue weighted by molar-refractivity contribution is -0.140. The van der Waals surface area contributed by atoms with E-state index in [0.717, 1.165) is 21.7 Å². The number of rotatable bonds is 12. The molecule has 0 radical (unpaired) electrons. The predicted octanol–water partition coefficient (Wildman–Crippen LogP) is 4.29. The van der Waals surface area contributed by atoms with Crippen molar-refractivity contribution in [3.63, 3.8) is 0 Å². The zero-order chi connectivity index (χ0) is 30.3. The van der Waals surface area contributed by atoms with Gasteiger partial charge in [-0.25, -0.2) is 8.42 Å². The van der Waals surface area contributed by atoms with Gasteiger partial charge in [-0.1, -0.05) is 67.9 Å². The molecule has 0 saturated heterocycles. The van der Waals surface area contributed by atoms with Gasteiger partial charge in [0.2, 0.25) is 21.8 Å². The average Bonchev–Trinajstić information content (AvgIpc) is 2.97. The van der Waals surface area contributed by atoms with Gasteiger partial charge in [0.15, 0.2) is 11.5 Å². The smallest absolute Gasteiger partial charge is 0.244 e. The molecule has 0 saturated carbocycles. The fourth-order valence-corrected chi connectivity index (χ4v) is 5.53. The maximum absolute atomic E-state index is 14.2. The van der Waals surface area contributed by atoms with E-state index in [1.165, 1.54) is 4.90 Å². The summed E-state index contributed by atoms with van der Waals surface area (Å²) < 4.78 is 38.3. The van der Waals surface area contributed by atoms with E-state index in [1.807, 2.05) is 44.2 Å². The van der Waals surface area contributed by atoms with Crippen LogP contribution >= 0.6 is 11.6 Å². The number of nitrogens with zero attached hydrogens (tertiary/aromatic N) is 2. The molecule has 0 unspecified atom stereocenters. The highest BCUT2D eigenvalue weighted by atomic mass is 35.5. The maximum atomic E-state index is 14.2. The highest BCUT2D eigenvalue weighted by Gasteiger charge is 2.33. The van der Waals surface area contributed by atoms with Crippen molar-refractivity contribution in [1.82, 2.24) is 10.2 Å². The van der Waals surface area contributed by atoms with Crippen molar-refractivity contribution in [1.29, 1.82) is 0 Å². The topological polar surface area (TPSA) is 105 Å². The first kappa shape index (κ1) is 31.2. The Morgan fingerprint density at radius 3 is 2.24 bits per heavy atom. The van der Waals surface area contributed by atoms with Crippen LogP contribution in [-0.4, -0.2) is 63.7 Å². The first-order valence-electron chi connectivity index (χ1n) is 13.7. The monoisotopic (exact) mass is 613 g/mol. The molecule has 1 N–H and O–H groups in total. The number of hydrogen-bond acceptors (Lipinski definition) is 6. The SMILES string of the molecule is CC(C)CNC(=O)[C@H](Cc1ccccc1)N(Cc1ccc(Cl)cc1)C(=O)CN(c1ccc2c(c1)OCCO2)S(C)(=O)=O. The van der Waals surface area contributed by atoms with Crippen LogP contribution in [0.5, 0.6) is 11.5 Å². The quantitative estimate of drug-likeness (QED) is 0.327. The summed E-state index contributed by atoms with van der Waals surface area (Å²) in [5, 5.41) is 3.50. The summed E-state index contributed by atoms with van der Waals surface area (Å²) in [5.74, 6) is 0.237. The molecule has 1 aliphatic heterocycles. The van der Waals surface area contributed by atoms with E-state index in [-0.39, 0.29) is 30.5 Å². The first-order chi connectivity index (χ1) is 20.0. The molecule has 3 aromatic rings. The van der Waals surface area contributed by atoms with Crippen molar-refractivity contribution >= 4 is 39.1 Å². The third-order valence-corrected chi connectivity index (χ3v) is 8.11. The Balaban J connectivity index is 1.71. The zero-order valence-electron chi connectivity index (χ0n) is 24.0. The number of benzene rings is 3. The van der Waals surface area contributed by atoms with Crippen LogP contribution in [0, 0.1) is 5.92 Å². The minimum Gasteiger partial charge on any atom is -0.486 e. The molecule has 0 fully saturated rings. The largest absolute Gasteiger partial charge is 0.486 e. The number of halogens is 1. The van der Waals surface area contributed by atoms with Gasteiger partial charge in [0, 0.05) is 30.6 Å². The van der Waals surface area contributed by atoms with Crippen LogP contribution < -0.4 is 19.1 Å². The van der Waals surface area contributed by atoms with Gasteiger partial charge in [0.05, 0.1) is 11.9 Å². The second-order valence-corrected chi connectivity index (χ2v) is 12.9. The molecule has 11 heteroatoms. The van der Waals surface area contributed by atoms with Crippen LogP contribution in [-0.2, 0) is 32.6 Å². The zero-order valence-corrected chi connectivity index (χ0v) is 25.5. The van der Waals surface area contributed by atoms with E-state index < -0.39 is 28.5 Å². The molecule has 0 aliphatic carbocycles. The van der Waals surface area contributed by atoms with Gasteiger partial charge in [-0.2, -0.15) is 0 Å². The van der Waals surface area contributed by atoms with Gasteiger partial charge in [-0.3, -0.25) is 13.9 Å². The third kappa shape index (κ3) is 8.39. The minimum atomic E-state index is -3.91. The molecular weight excluding hydrogens is 578 g/mol. The van der Waals surface area contributed by atoms with Gasteiger partial charge in [0.25, 0.3) is 0 Å². The van der Waals surface area contributed by atoms with E-state index in [0.29, 0.717) is 36.3 Å². The summed E-state index contributed by atoms with van der Waals surface area (Å²) in [7, 11) is -3.91. The molecule has 0 aromatic heterocycles. The number of ether oxygens (including phenoxy) is 2. The Labute approximate surface area is 252 Å². The number of nitrogens with one attached hydrogen (secondary N) is 1. The minimum absolute atomic E-state index is 0.0708. The summed E-state index contributed by atoms with van der Waals surface area (Å²) in [5.41, 5.74) is 1.86. The standard InChI is InChI=1S/C31H36ClN3O6S/c1-22(2)19-33-31(37)27(17-23-7-5-4-6-8-23)34(20-24-9-11-25(32)12-10-24)30(36)21-35(42(3,38)39)26-13-14-28-29(18-26)41-16-15-40-28/h4-14,18,22,27H,15-17,19-21H2,1-3H3,(H,33,37)/t27-/m0/s1. The van der Waals surface area contributed by atoms with E-state index >= 15 is 0 Å². The van der Waals surface area contributed by atoms with Crippen LogP contribution in [0.15, 0.2) is 72.8 Å². The fourth-order valence-electron chi connectivity index (χ4n) is 4.56. The molecule has 9 nitrogen and oxygen atoms in total. The Bertz CT molecular complexity index is 1480. The van der Waals surface area contributed by atoms with Crippen molar-refractivity contribution in [3.05, 3.63) is 88.9 Å². The molecule has 1 aliphatic rings. The van der Waals surface area contributed by atoms with Crippen LogP contribution in [0.1, 0.15) is 25.0 Å². The molecular formula is C31H36ClN3O6S. The van der Waals surface area contributed by atoms with Gasteiger partial charge in [-0.15, -0.1) is 0 Å². The Kier molecular flexibility index (Phi) is 10.3. The highest BCUT2D eigenvalue weighted by molar-refractivity contribution is 7.92. The number of anilines is 1. The summed E-state index contributed by atoms with van der Waals surface area (Å²) in [6.07, 6.45) is 1.28. The first-order valence-corrected chi connectivity index (χ1v) is 16.0. The second kappa shape index (κ2) is 13.9. The summed E-state index contributed by atoms with van der Waals surface area (Å²) in [4.78, 5) is 29.3. The van der Waals surface area contributed by atoms with E-state index in [4.69, 9.17) is 21.1 Å². The Morgan fingerprint density at radius 1 is 0.929 bits per heavy atom. The van der Waals surface area contributed by atoms with Crippen molar-refractivity contribution in [3.8, 4) is 11.5 Å². The van der Waals surface area contributed by atoms with Gasteiger partial charge in [0.1, 0.15) is 25.8 Å². The number of sulfonamides is 1. The van der Waals surface area contributed by atoms with Crippen molar-refractivity contribution in [2.75, 3.05) is 36.9 Å². The van der Waals surface area contributed by atoms with Gasteiger partial charge >= 0.3 is 0 Å². The molecule has 0 bridgehead atoms. The lowest BCUT2D eigenvalue weighted by Crippen LogP contribution is -2.53. The molecule has 3 aromatic carbocycles. The van der Waals surface area contributed by atoms with Crippen LogP contribution in [0.4, 0.5) is 5.69 Å². The second-order valence-electron chi connectivity index (χ2n) is 10.6. The molecule has 42 heavy (non-hydrogen) atoms. The van der Waals surface area contributed by atoms with Gasteiger partial charge < -0.3 is 19.7 Å². The average molecular weight is 614 g/mol. The number of amides is 2.